The maximum absolute atomic E-state index is 13.0. The molecule has 3 rings (SSSR count). The van der Waals surface area contributed by atoms with Gasteiger partial charge in [0.05, 0.1) is 6.26 Å². The summed E-state index contributed by atoms with van der Waals surface area (Å²) in [5.74, 6) is -0.543. The number of aromatic amines is 1. The lowest BCUT2D eigenvalue weighted by atomic mass is 9.75. The average Bonchev–Trinajstić information content (AvgIpc) is 2.58. The van der Waals surface area contributed by atoms with Crippen LogP contribution in [0.25, 0.3) is 0 Å². The molecule has 1 amide bonds. The van der Waals surface area contributed by atoms with Gasteiger partial charge in [-0.3, -0.25) is 14.4 Å². The molecule has 8 nitrogen and oxygen atoms in total. The zero-order chi connectivity index (χ0) is 20.9. The summed E-state index contributed by atoms with van der Waals surface area (Å²) in [4.78, 5) is 42.3. The lowest BCUT2D eigenvalue weighted by Crippen LogP contribution is -2.50. The third-order valence-electron chi connectivity index (χ3n) is 5.67. The van der Waals surface area contributed by atoms with E-state index in [-0.39, 0.29) is 29.3 Å². The molecule has 0 saturated carbocycles. The number of ketones is 1. The number of Topliss-reactive ketones (excluding diaryl/α,β-unsaturated/α-hetero) is 1. The normalized spacial score (nSPS) is 22.2. The molecule has 1 fully saturated rings. The molecular formula is C19H27N3O5S. The second-order valence-electron chi connectivity index (χ2n) is 8.67. The third-order valence-corrected chi connectivity index (χ3v) is 7.01. The zero-order valence-corrected chi connectivity index (χ0v) is 17.6. The third kappa shape index (κ3) is 4.05. The van der Waals surface area contributed by atoms with Gasteiger partial charge in [-0.15, -0.1) is 0 Å². The molecule has 1 unspecified atom stereocenters. The van der Waals surface area contributed by atoms with Crippen LogP contribution in [-0.4, -0.2) is 66.7 Å². The van der Waals surface area contributed by atoms with Gasteiger partial charge in [-0.2, -0.15) is 0 Å². The summed E-state index contributed by atoms with van der Waals surface area (Å²) in [5.41, 5.74) is 0.192. The molecule has 0 radical (unpaired) electrons. The van der Waals surface area contributed by atoms with Crippen molar-refractivity contribution in [3.05, 3.63) is 33.2 Å². The van der Waals surface area contributed by atoms with Gasteiger partial charge in [0.2, 0.25) is 10.0 Å². The number of pyridine rings is 1. The van der Waals surface area contributed by atoms with Crippen molar-refractivity contribution in [2.45, 2.75) is 45.6 Å². The molecule has 9 heteroatoms. The predicted molar refractivity (Wildman–Crippen MR) is 105 cm³/mol. The first-order valence-corrected chi connectivity index (χ1v) is 11.3. The Morgan fingerprint density at radius 1 is 1.29 bits per heavy atom. The van der Waals surface area contributed by atoms with E-state index < -0.39 is 21.5 Å². The standard InChI is InChI=1S/C19H27N3O5S/c1-19(2)9-15-13(16(23)10-19)8-14(17(24)20-15)18(25)22-7-5-6-12(11-22)21(3)28(4,26)27/h8,12H,5-7,9-11H2,1-4H3,(H,20,24). The number of likely N-dealkylation sites (tertiary alicyclic amines) is 1. The highest BCUT2D eigenvalue weighted by Gasteiger charge is 2.35. The second-order valence-corrected chi connectivity index (χ2v) is 10.7. The van der Waals surface area contributed by atoms with E-state index in [1.807, 2.05) is 13.8 Å². The minimum atomic E-state index is -3.37. The molecule has 1 aromatic heterocycles. The number of nitrogens with one attached hydrogen (secondary N) is 1. The van der Waals surface area contributed by atoms with Crippen molar-refractivity contribution in [2.24, 2.45) is 5.41 Å². The second kappa shape index (κ2) is 7.11. The molecule has 0 bridgehead atoms. The average molecular weight is 410 g/mol. The molecule has 1 aromatic rings. The fraction of sp³-hybridized carbons (Fsp3) is 0.632. The van der Waals surface area contributed by atoms with E-state index in [1.165, 1.54) is 22.3 Å². The van der Waals surface area contributed by atoms with Gasteiger partial charge in [0.1, 0.15) is 5.56 Å². The summed E-state index contributed by atoms with van der Waals surface area (Å²) in [6.45, 7) is 4.61. The number of rotatable bonds is 3. The summed E-state index contributed by atoms with van der Waals surface area (Å²) < 4.78 is 24.9. The Bertz CT molecular complexity index is 980. The van der Waals surface area contributed by atoms with Gasteiger partial charge in [0.15, 0.2) is 5.78 Å². The lowest BCUT2D eigenvalue weighted by molar-refractivity contribution is 0.0663. The van der Waals surface area contributed by atoms with Crippen LogP contribution in [0.1, 0.15) is 59.5 Å². The van der Waals surface area contributed by atoms with Gasteiger partial charge in [0, 0.05) is 43.9 Å². The van der Waals surface area contributed by atoms with Gasteiger partial charge in [-0.05, 0) is 30.7 Å². The highest BCUT2D eigenvalue weighted by Crippen LogP contribution is 2.33. The van der Waals surface area contributed by atoms with Gasteiger partial charge in [-0.1, -0.05) is 13.8 Å². The van der Waals surface area contributed by atoms with E-state index >= 15 is 0 Å². The maximum Gasteiger partial charge on any atom is 0.261 e. The molecule has 154 valence electrons. The van der Waals surface area contributed by atoms with Crippen LogP contribution in [0.5, 0.6) is 0 Å². The summed E-state index contributed by atoms with van der Waals surface area (Å²) in [5, 5.41) is 0. The lowest BCUT2D eigenvalue weighted by Gasteiger charge is -2.36. The molecule has 1 saturated heterocycles. The van der Waals surface area contributed by atoms with E-state index in [0.29, 0.717) is 43.5 Å². The fourth-order valence-electron chi connectivity index (χ4n) is 4.06. The van der Waals surface area contributed by atoms with Crippen molar-refractivity contribution in [3.63, 3.8) is 0 Å². The van der Waals surface area contributed by atoms with E-state index in [4.69, 9.17) is 0 Å². The van der Waals surface area contributed by atoms with Crippen LogP contribution in [0.3, 0.4) is 0 Å². The number of carbonyl (C=O) groups is 2. The largest absolute Gasteiger partial charge is 0.337 e. The van der Waals surface area contributed by atoms with Crippen LogP contribution in [0.4, 0.5) is 0 Å². The van der Waals surface area contributed by atoms with Crippen molar-refractivity contribution in [1.82, 2.24) is 14.2 Å². The predicted octanol–water partition coefficient (Wildman–Crippen LogP) is 1.03. The number of H-pyrrole nitrogens is 1. The minimum Gasteiger partial charge on any atom is -0.337 e. The molecule has 0 spiro atoms. The number of nitrogens with zero attached hydrogens (tertiary/aromatic N) is 2. The summed E-state index contributed by atoms with van der Waals surface area (Å²) in [6.07, 6.45) is 3.37. The van der Waals surface area contributed by atoms with Gasteiger partial charge in [-0.25, -0.2) is 12.7 Å². The van der Waals surface area contributed by atoms with Crippen LogP contribution in [-0.2, 0) is 16.4 Å². The number of hydrogen-bond acceptors (Lipinski definition) is 5. The van der Waals surface area contributed by atoms with Crippen LogP contribution in [0.15, 0.2) is 10.9 Å². The van der Waals surface area contributed by atoms with E-state index in [9.17, 15) is 22.8 Å². The molecule has 1 aliphatic heterocycles. The number of carbonyl (C=O) groups excluding carboxylic acids is 2. The minimum absolute atomic E-state index is 0.0607. The smallest absolute Gasteiger partial charge is 0.261 e. The van der Waals surface area contributed by atoms with Crippen molar-refractivity contribution < 1.29 is 18.0 Å². The van der Waals surface area contributed by atoms with Gasteiger partial charge >= 0.3 is 0 Å². The monoisotopic (exact) mass is 409 g/mol. The Kier molecular flexibility index (Phi) is 5.26. The first-order chi connectivity index (χ1) is 12.9. The van der Waals surface area contributed by atoms with E-state index in [2.05, 4.69) is 4.98 Å². The van der Waals surface area contributed by atoms with Crippen LogP contribution < -0.4 is 5.56 Å². The van der Waals surface area contributed by atoms with Crippen LogP contribution in [0, 0.1) is 5.41 Å². The number of sulfonamides is 1. The molecule has 1 aliphatic carbocycles. The molecule has 1 N–H and O–H groups in total. The first kappa shape index (κ1) is 20.7. The Balaban J connectivity index is 1.88. The highest BCUT2D eigenvalue weighted by atomic mass is 32.2. The van der Waals surface area contributed by atoms with Gasteiger partial charge < -0.3 is 9.88 Å². The molecule has 2 aliphatic rings. The molecule has 0 aromatic carbocycles. The van der Waals surface area contributed by atoms with Crippen molar-refractivity contribution in [2.75, 3.05) is 26.4 Å². The SMILES string of the molecule is CN(C1CCCN(C(=O)c2cc3c([nH]c2=O)CC(C)(C)CC3=O)C1)S(C)(=O)=O. The number of amides is 1. The summed E-state index contributed by atoms with van der Waals surface area (Å²) >= 11 is 0. The van der Waals surface area contributed by atoms with Crippen molar-refractivity contribution in [3.8, 4) is 0 Å². The number of fused-ring (bicyclic) bond motifs is 1. The van der Waals surface area contributed by atoms with E-state index in [1.54, 1.807) is 0 Å². The van der Waals surface area contributed by atoms with Gasteiger partial charge in [0.25, 0.3) is 11.5 Å². The maximum atomic E-state index is 13.0. The molecule has 2 heterocycles. The first-order valence-electron chi connectivity index (χ1n) is 9.41. The Hall–Kier alpha value is -2.00. The fourth-order valence-corrected chi connectivity index (χ4v) is 4.78. The topological polar surface area (TPSA) is 108 Å². The van der Waals surface area contributed by atoms with E-state index in [0.717, 1.165) is 6.26 Å². The highest BCUT2D eigenvalue weighted by molar-refractivity contribution is 7.88. The van der Waals surface area contributed by atoms with Crippen LogP contribution in [0.2, 0.25) is 0 Å². The summed E-state index contributed by atoms with van der Waals surface area (Å²) in [6, 6.07) is 1.09. The Morgan fingerprint density at radius 2 is 1.96 bits per heavy atom. The van der Waals surface area contributed by atoms with Crippen LogP contribution >= 0.6 is 0 Å². The Morgan fingerprint density at radius 3 is 2.61 bits per heavy atom. The summed E-state index contributed by atoms with van der Waals surface area (Å²) in [7, 11) is -1.87. The molecule has 1 atom stereocenters. The zero-order valence-electron chi connectivity index (χ0n) is 16.7. The number of piperidine rings is 1. The molecule has 28 heavy (non-hydrogen) atoms. The number of aromatic nitrogens is 1. The quantitative estimate of drug-likeness (QED) is 0.802. The number of hydrogen-bond donors (Lipinski definition) is 1. The van der Waals surface area contributed by atoms with Crippen molar-refractivity contribution >= 4 is 21.7 Å². The Labute approximate surface area is 165 Å². The number of likely N-dealkylation sites (N-methyl/N-ethyl adjacent to an activating group) is 1. The van der Waals surface area contributed by atoms with Crippen molar-refractivity contribution in [1.29, 1.82) is 0 Å². The molecular weight excluding hydrogens is 382 g/mol.